The highest BCUT2D eigenvalue weighted by Crippen LogP contribution is 2.23. The Labute approximate surface area is 189 Å². The lowest BCUT2D eigenvalue weighted by Gasteiger charge is -2.31. The van der Waals surface area contributed by atoms with E-state index in [1.807, 2.05) is 38.1 Å². The SMILES string of the molecule is CCCNC(=O)C(CC)N(Cc1ccccc1Cl)C(=O)CCSc1ccc(C)cc1. The number of hydrogen-bond donors (Lipinski definition) is 1. The van der Waals surface area contributed by atoms with Crippen LogP contribution in [0.15, 0.2) is 53.4 Å². The van der Waals surface area contributed by atoms with E-state index in [4.69, 9.17) is 11.6 Å². The van der Waals surface area contributed by atoms with Crippen LogP contribution in [0.2, 0.25) is 5.02 Å². The summed E-state index contributed by atoms with van der Waals surface area (Å²) in [5.74, 6) is 0.521. The first-order chi connectivity index (χ1) is 14.5. The first kappa shape index (κ1) is 24.3. The summed E-state index contributed by atoms with van der Waals surface area (Å²) in [5, 5.41) is 3.54. The zero-order chi connectivity index (χ0) is 21.9. The quantitative estimate of drug-likeness (QED) is 0.466. The van der Waals surface area contributed by atoms with Crippen molar-refractivity contribution in [1.82, 2.24) is 10.2 Å². The van der Waals surface area contributed by atoms with Gasteiger partial charge in [0.2, 0.25) is 11.8 Å². The molecule has 0 saturated carbocycles. The van der Waals surface area contributed by atoms with Crippen molar-refractivity contribution in [2.24, 2.45) is 0 Å². The number of aryl methyl sites for hydroxylation is 1. The van der Waals surface area contributed by atoms with E-state index in [0.717, 1.165) is 16.9 Å². The van der Waals surface area contributed by atoms with Crippen LogP contribution in [0, 0.1) is 6.92 Å². The fourth-order valence-electron chi connectivity index (χ4n) is 3.13. The van der Waals surface area contributed by atoms with Crippen LogP contribution in [0.25, 0.3) is 0 Å². The lowest BCUT2D eigenvalue weighted by atomic mass is 10.1. The second-order valence-electron chi connectivity index (χ2n) is 7.24. The van der Waals surface area contributed by atoms with Crippen molar-refractivity contribution in [3.63, 3.8) is 0 Å². The predicted molar refractivity (Wildman–Crippen MR) is 126 cm³/mol. The molecule has 2 rings (SSSR count). The summed E-state index contributed by atoms with van der Waals surface area (Å²) in [5.41, 5.74) is 2.06. The van der Waals surface area contributed by atoms with E-state index in [-0.39, 0.29) is 11.8 Å². The molecule has 2 amide bonds. The van der Waals surface area contributed by atoms with Crippen LogP contribution in [0.3, 0.4) is 0 Å². The van der Waals surface area contributed by atoms with Gasteiger partial charge in [-0.2, -0.15) is 0 Å². The molecule has 6 heteroatoms. The van der Waals surface area contributed by atoms with Crippen LogP contribution in [-0.4, -0.2) is 35.1 Å². The van der Waals surface area contributed by atoms with Crippen molar-refractivity contribution >= 4 is 35.2 Å². The van der Waals surface area contributed by atoms with Gasteiger partial charge < -0.3 is 10.2 Å². The van der Waals surface area contributed by atoms with Gasteiger partial charge in [0.1, 0.15) is 6.04 Å². The van der Waals surface area contributed by atoms with Gasteiger partial charge in [-0.1, -0.05) is 61.3 Å². The Morgan fingerprint density at radius 3 is 2.43 bits per heavy atom. The third kappa shape index (κ3) is 7.37. The number of rotatable bonds is 11. The van der Waals surface area contributed by atoms with E-state index in [9.17, 15) is 9.59 Å². The van der Waals surface area contributed by atoms with Gasteiger partial charge in [0.25, 0.3) is 0 Å². The van der Waals surface area contributed by atoms with E-state index in [0.29, 0.717) is 36.7 Å². The highest BCUT2D eigenvalue weighted by atomic mass is 35.5. The van der Waals surface area contributed by atoms with Crippen LogP contribution in [0.4, 0.5) is 0 Å². The Bertz CT molecular complexity index is 826. The molecule has 0 aliphatic rings. The smallest absolute Gasteiger partial charge is 0.242 e. The summed E-state index contributed by atoms with van der Waals surface area (Å²) in [6, 6.07) is 15.2. The average Bonchev–Trinajstić information content (AvgIpc) is 2.74. The van der Waals surface area contributed by atoms with Gasteiger partial charge >= 0.3 is 0 Å². The number of thioether (sulfide) groups is 1. The number of hydrogen-bond acceptors (Lipinski definition) is 3. The Hall–Kier alpha value is -1.98. The molecule has 0 bridgehead atoms. The van der Waals surface area contributed by atoms with Crippen LogP contribution < -0.4 is 5.32 Å². The standard InChI is InChI=1S/C24H31ClN2O2S/c1-4-15-26-24(29)22(5-2)27(17-19-8-6-7-9-21(19)25)23(28)14-16-30-20-12-10-18(3)11-13-20/h6-13,22H,4-5,14-17H2,1-3H3,(H,26,29). The normalized spacial score (nSPS) is 11.7. The molecule has 1 N–H and O–H groups in total. The van der Waals surface area contributed by atoms with Gasteiger partial charge in [0.05, 0.1) is 0 Å². The highest BCUT2D eigenvalue weighted by Gasteiger charge is 2.28. The number of nitrogens with one attached hydrogen (secondary N) is 1. The van der Waals surface area contributed by atoms with Gasteiger partial charge in [-0.3, -0.25) is 9.59 Å². The van der Waals surface area contributed by atoms with Gasteiger partial charge in [-0.05, 0) is 43.5 Å². The largest absolute Gasteiger partial charge is 0.354 e. The number of halogens is 1. The zero-order valence-electron chi connectivity index (χ0n) is 18.0. The van der Waals surface area contributed by atoms with Crippen LogP contribution in [-0.2, 0) is 16.1 Å². The first-order valence-electron chi connectivity index (χ1n) is 10.5. The third-order valence-corrected chi connectivity index (χ3v) is 6.22. The summed E-state index contributed by atoms with van der Waals surface area (Å²) < 4.78 is 0. The van der Waals surface area contributed by atoms with Crippen molar-refractivity contribution < 1.29 is 9.59 Å². The Balaban J connectivity index is 2.11. The van der Waals surface area contributed by atoms with Gasteiger partial charge in [-0.15, -0.1) is 11.8 Å². The van der Waals surface area contributed by atoms with Gasteiger partial charge in [-0.25, -0.2) is 0 Å². The van der Waals surface area contributed by atoms with Gasteiger partial charge in [0.15, 0.2) is 0 Å². The summed E-state index contributed by atoms with van der Waals surface area (Å²) in [4.78, 5) is 28.7. The fourth-order valence-corrected chi connectivity index (χ4v) is 4.17. The molecule has 0 aromatic heterocycles. The zero-order valence-corrected chi connectivity index (χ0v) is 19.6. The van der Waals surface area contributed by atoms with E-state index < -0.39 is 6.04 Å². The van der Waals surface area contributed by atoms with E-state index in [1.165, 1.54) is 5.56 Å². The molecule has 30 heavy (non-hydrogen) atoms. The summed E-state index contributed by atoms with van der Waals surface area (Å²) in [6.07, 6.45) is 1.77. The number of benzene rings is 2. The van der Waals surface area contributed by atoms with Crippen molar-refractivity contribution in [3.8, 4) is 0 Å². The molecular formula is C24H31ClN2O2S. The molecule has 0 radical (unpaired) electrons. The molecule has 0 aliphatic carbocycles. The van der Waals surface area contributed by atoms with Crippen molar-refractivity contribution in [2.75, 3.05) is 12.3 Å². The minimum atomic E-state index is -0.510. The molecule has 1 atom stereocenters. The second kappa shape index (κ2) is 12.7. The molecule has 4 nitrogen and oxygen atoms in total. The molecule has 0 heterocycles. The maximum absolute atomic E-state index is 13.2. The third-order valence-electron chi connectivity index (χ3n) is 4.84. The molecular weight excluding hydrogens is 416 g/mol. The van der Waals surface area contributed by atoms with Crippen molar-refractivity contribution in [2.45, 2.75) is 57.5 Å². The van der Waals surface area contributed by atoms with E-state index in [1.54, 1.807) is 16.7 Å². The average molecular weight is 447 g/mol. The lowest BCUT2D eigenvalue weighted by Crippen LogP contribution is -2.49. The molecule has 0 fully saturated rings. The fraction of sp³-hybridized carbons (Fsp3) is 0.417. The molecule has 2 aromatic rings. The van der Waals surface area contributed by atoms with Crippen molar-refractivity contribution in [1.29, 1.82) is 0 Å². The predicted octanol–water partition coefficient (Wildman–Crippen LogP) is 5.46. The topological polar surface area (TPSA) is 49.4 Å². The van der Waals surface area contributed by atoms with Crippen LogP contribution >= 0.6 is 23.4 Å². The maximum Gasteiger partial charge on any atom is 0.242 e. The Morgan fingerprint density at radius 1 is 1.10 bits per heavy atom. The summed E-state index contributed by atoms with van der Waals surface area (Å²) >= 11 is 7.99. The number of amides is 2. The number of carbonyl (C=O) groups excluding carboxylic acids is 2. The Morgan fingerprint density at radius 2 is 1.80 bits per heavy atom. The highest BCUT2D eigenvalue weighted by molar-refractivity contribution is 7.99. The lowest BCUT2D eigenvalue weighted by molar-refractivity contribution is -0.141. The molecule has 0 aliphatic heterocycles. The number of carbonyl (C=O) groups is 2. The minimum absolute atomic E-state index is 0.0342. The first-order valence-corrected chi connectivity index (χ1v) is 11.8. The molecule has 1 unspecified atom stereocenters. The summed E-state index contributed by atoms with van der Waals surface area (Å²) in [6.45, 7) is 6.93. The Kier molecular flexibility index (Phi) is 10.2. The van der Waals surface area contributed by atoms with Crippen LogP contribution in [0.1, 0.15) is 44.2 Å². The number of nitrogens with zero attached hydrogens (tertiary/aromatic N) is 1. The molecule has 162 valence electrons. The molecule has 0 spiro atoms. The molecule has 2 aromatic carbocycles. The van der Waals surface area contributed by atoms with Crippen molar-refractivity contribution in [3.05, 3.63) is 64.7 Å². The monoisotopic (exact) mass is 446 g/mol. The van der Waals surface area contributed by atoms with E-state index in [2.05, 4.69) is 36.5 Å². The second-order valence-corrected chi connectivity index (χ2v) is 8.82. The minimum Gasteiger partial charge on any atom is -0.354 e. The summed E-state index contributed by atoms with van der Waals surface area (Å²) in [7, 11) is 0. The maximum atomic E-state index is 13.2. The van der Waals surface area contributed by atoms with Crippen LogP contribution in [0.5, 0.6) is 0 Å². The van der Waals surface area contributed by atoms with E-state index >= 15 is 0 Å². The molecule has 0 saturated heterocycles. The van der Waals surface area contributed by atoms with Gasteiger partial charge in [0, 0.05) is 35.2 Å².